The molecule has 1 aliphatic carbocycles. The summed E-state index contributed by atoms with van der Waals surface area (Å²) in [5.41, 5.74) is 0.759. The summed E-state index contributed by atoms with van der Waals surface area (Å²) in [7, 11) is 0. The lowest BCUT2D eigenvalue weighted by Gasteiger charge is -2.40. The van der Waals surface area contributed by atoms with Gasteiger partial charge in [-0.3, -0.25) is 0 Å². The van der Waals surface area contributed by atoms with Crippen molar-refractivity contribution in [2.75, 3.05) is 39.6 Å². The SMILES string of the molecule is CCC1(COCCCCCCOc2ccc(OC(=O)c3ccc(OCC4CCC5OC5C4)cc3)cc2)COC1. The number of hydrogen-bond donors (Lipinski definition) is 0. The topological polar surface area (TPSA) is 75.8 Å². The maximum absolute atomic E-state index is 12.6. The van der Waals surface area contributed by atoms with Gasteiger partial charge in [0.2, 0.25) is 0 Å². The molecule has 2 aromatic rings. The molecule has 7 nitrogen and oxygen atoms in total. The molecular weight excluding hydrogens is 496 g/mol. The summed E-state index contributed by atoms with van der Waals surface area (Å²) in [6, 6.07) is 14.3. The van der Waals surface area contributed by atoms with E-state index in [9.17, 15) is 4.79 Å². The molecule has 0 amide bonds. The Kier molecular flexibility index (Phi) is 9.77. The summed E-state index contributed by atoms with van der Waals surface area (Å²) in [6.07, 6.45) is 9.80. The number of rotatable bonds is 16. The molecular formula is C32H42O7. The largest absolute Gasteiger partial charge is 0.494 e. The van der Waals surface area contributed by atoms with E-state index in [0.717, 1.165) is 89.3 Å². The van der Waals surface area contributed by atoms with Crippen LogP contribution in [0, 0.1) is 11.3 Å². The number of hydrogen-bond acceptors (Lipinski definition) is 7. The smallest absolute Gasteiger partial charge is 0.343 e. The highest BCUT2D eigenvalue weighted by molar-refractivity contribution is 5.91. The van der Waals surface area contributed by atoms with Gasteiger partial charge in [0.05, 0.1) is 50.8 Å². The lowest BCUT2D eigenvalue weighted by molar-refractivity contribution is -0.150. The second-order valence-electron chi connectivity index (χ2n) is 11.2. The van der Waals surface area contributed by atoms with E-state index >= 15 is 0 Å². The molecule has 3 fully saturated rings. The molecule has 2 aromatic carbocycles. The normalized spacial score (nSPS) is 22.8. The molecule has 5 rings (SSSR count). The summed E-state index contributed by atoms with van der Waals surface area (Å²) < 4.78 is 34.1. The van der Waals surface area contributed by atoms with E-state index in [1.54, 1.807) is 24.3 Å². The van der Waals surface area contributed by atoms with Crippen LogP contribution in [0.15, 0.2) is 48.5 Å². The van der Waals surface area contributed by atoms with Crippen molar-refractivity contribution in [1.29, 1.82) is 0 Å². The zero-order valence-corrected chi connectivity index (χ0v) is 23.1. The standard InChI is InChI=1S/C32H42O7/c1-2-32(22-35-23-32)21-34-17-5-3-4-6-18-36-26-12-14-28(15-13-26)38-31(33)25-8-10-27(11-9-25)37-20-24-7-16-29-30(19-24)39-29/h8-15,24,29-30H,2-7,16-23H2,1H3. The number of ether oxygens (including phenoxy) is 6. The molecule has 2 heterocycles. The second-order valence-corrected chi connectivity index (χ2v) is 11.2. The minimum Gasteiger partial charge on any atom is -0.494 e. The van der Waals surface area contributed by atoms with Crippen LogP contribution in [0.5, 0.6) is 17.2 Å². The van der Waals surface area contributed by atoms with Crippen molar-refractivity contribution in [2.24, 2.45) is 11.3 Å². The first-order chi connectivity index (χ1) is 19.1. The van der Waals surface area contributed by atoms with E-state index in [4.69, 9.17) is 28.4 Å². The van der Waals surface area contributed by atoms with Crippen LogP contribution in [0.2, 0.25) is 0 Å². The lowest BCUT2D eigenvalue weighted by Crippen LogP contribution is -2.45. The Hall–Kier alpha value is -2.61. The molecule has 0 N–H and O–H groups in total. The van der Waals surface area contributed by atoms with Crippen molar-refractivity contribution in [3.63, 3.8) is 0 Å². The van der Waals surface area contributed by atoms with E-state index in [1.807, 2.05) is 24.3 Å². The van der Waals surface area contributed by atoms with Gasteiger partial charge in [-0.15, -0.1) is 0 Å². The number of benzene rings is 2. The number of epoxide rings is 1. The van der Waals surface area contributed by atoms with Gasteiger partial charge in [0.1, 0.15) is 17.2 Å². The van der Waals surface area contributed by atoms with Gasteiger partial charge in [-0.05, 0) is 99.4 Å². The second kappa shape index (κ2) is 13.6. The van der Waals surface area contributed by atoms with Gasteiger partial charge in [-0.1, -0.05) is 13.3 Å². The molecule has 3 atom stereocenters. The molecule has 0 aromatic heterocycles. The van der Waals surface area contributed by atoms with Crippen LogP contribution < -0.4 is 14.2 Å². The zero-order chi connectivity index (χ0) is 26.9. The lowest BCUT2D eigenvalue weighted by atomic mass is 9.84. The minimum atomic E-state index is -0.394. The van der Waals surface area contributed by atoms with Gasteiger partial charge in [-0.2, -0.15) is 0 Å². The van der Waals surface area contributed by atoms with Crippen molar-refractivity contribution in [3.8, 4) is 17.2 Å². The van der Waals surface area contributed by atoms with E-state index in [2.05, 4.69) is 6.92 Å². The van der Waals surface area contributed by atoms with Gasteiger partial charge in [0, 0.05) is 12.0 Å². The Morgan fingerprint density at radius 1 is 0.846 bits per heavy atom. The highest BCUT2D eigenvalue weighted by Gasteiger charge is 2.43. The average molecular weight is 539 g/mol. The third-order valence-corrected chi connectivity index (χ3v) is 8.15. The molecule has 1 saturated carbocycles. The minimum absolute atomic E-state index is 0.271. The van der Waals surface area contributed by atoms with Crippen molar-refractivity contribution in [2.45, 2.75) is 70.5 Å². The van der Waals surface area contributed by atoms with E-state index in [1.165, 1.54) is 0 Å². The predicted molar refractivity (Wildman–Crippen MR) is 148 cm³/mol. The van der Waals surface area contributed by atoms with Crippen LogP contribution in [0.25, 0.3) is 0 Å². The maximum atomic E-state index is 12.6. The van der Waals surface area contributed by atoms with Crippen molar-refractivity contribution in [3.05, 3.63) is 54.1 Å². The molecule has 0 radical (unpaired) electrons. The molecule has 3 unspecified atom stereocenters. The van der Waals surface area contributed by atoms with Gasteiger partial charge < -0.3 is 28.4 Å². The maximum Gasteiger partial charge on any atom is 0.343 e. The van der Waals surface area contributed by atoms with Crippen LogP contribution in [0.4, 0.5) is 0 Å². The van der Waals surface area contributed by atoms with E-state index in [0.29, 0.717) is 42.7 Å². The van der Waals surface area contributed by atoms with Gasteiger partial charge in [-0.25, -0.2) is 4.79 Å². The zero-order valence-electron chi connectivity index (χ0n) is 23.1. The Morgan fingerprint density at radius 3 is 2.23 bits per heavy atom. The number of unbranched alkanes of at least 4 members (excludes halogenated alkanes) is 3. The predicted octanol–water partition coefficient (Wildman–Crippen LogP) is 6.23. The molecule has 39 heavy (non-hydrogen) atoms. The molecule has 2 aliphatic heterocycles. The van der Waals surface area contributed by atoms with Crippen molar-refractivity contribution in [1.82, 2.24) is 0 Å². The summed E-state index contributed by atoms with van der Waals surface area (Å²) in [5.74, 6) is 2.18. The van der Waals surface area contributed by atoms with Crippen molar-refractivity contribution < 1.29 is 33.2 Å². The summed E-state index contributed by atoms with van der Waals surface area (Å²) >= 11 is 0. The first kappa shape index (κ1) is 27.9. The third kappa shape index (κ3) is 8.19. The van der Waals surface area contributed by atoms with Gasteiger partial charge in [0.25, 0.3) is 0 Å². The third-order valence-electron chi connectivity index (χ3n) is 8.15. The first-order valence-electron chi connectivity index (χ1n) is 14.6. The highest BCUT2D eigenvalue weighted by Crippen LogP contribution is 2.39. The fraction of sp³-hybridized carbons (Fsp3) is 0.594. The number of carbonyl (C=O) groups excluding carboxylic acids is 1. The van der Waals surface area contributed by atoms with Crippen LogP contribution in [0.1, 0.15) is 68.6 Å². The Bertz CT molecular complexity index is 1030. The highest BCUT2D eigenvalue weighted by atomic mass is 16.6. The molecule has 7 heteroatoms. The Balaban J connectivity index is 0.924. The van der Waals surface area contributed by atoms with E-state index in [-0.39, 0.29) is 5.41 Å². The number of carbonyl (C=O) groups is 1. The Morgan fingerprint density at radius 2 is 1.54 bits per heavy atom. The Labute approximate surface area is 232 Å². The van der Waals surface area contributed by atoms with Gasteiger partial charge in [0.15, 0.2) is 0 Å². The molecule has 2 saturated heterocycles. The summed E-state index contributed by atoms with van der Waals surface area (Å²) in [6.45, 7) is 6.88. The summed E-state index contributed by atoms with van der Waals surface area (Å²) in [4.78, 5) is 12.6. The van der Waals surface area contributed by atoms with Crippen LogP contribution in [0.3, 0.4) is 0 Å². The first-order valence-corrected chi connectivity index (χ1v) is 14.6. The van der Waals surface area contributed by atoms with Crippen LogP contribution >= 0.6 is 0 Å². The van der Waals surface area contributed by atoms with Gasteiger partial charge >= 0.3 is 5.97 Å². The fourth-order valence-corrected chi connectivity index (χ4v) is 5.23. The fourth-order valence-electron chi connectivity index (χ4n) is 5.23. The quantitative estimate of drug-likeness (QED) is 0.108. The average Bonchev–Trinajstić information content (AvgIpc) is 3.72. The summed E-state index contributed by atoms with van der Waals surface area (Å²) in [5, 5.41) is 0. The van der Waals surface area contributed by atoms with Crippen LogP contribution in [-0.2, 0) is 14.2 Å². The molecule has 3 aliphatic rings. The number of esters is 1. The molecule has 0 spiro atoms. The molecule has 212 valence electrons. The number of fused-ring (bicyclic) bond motifs is 1. The van der Waals surface area contributed by atoms with Crippen molar-refractivity contribution >= 4 is 5.97 Å². The van der Waals surface area contributed by atoms with E-state index < -0.39 is 5.97 Å². The molecule has 0 bridgehead atoms. The monoisotopic (exact) mass is 538 g/mol. The van der Waals surface area contributed by atoms with Crippen LogP contribution in [-0.4, -0.2) is 57.8 Å².